The zero-order chi connectivity index (χ0) is 18.3. The molecule has 0 aromatic carbocycles. The number of hydrogen-bond donors (Lipinski definition) is 1. The Labute approximate surface area is 166 Å². The van der Waals surface area contributed by atoms with E-state index < -0.39 is 11.5 Å². The van der Waals surface area contributed by atoms with Crippen LogP contribution in [-0.2, 0) is 4.79 Å². The van der Waals surface area contributed by atoms with Crippen molar-refractivity contribution in [2.45, 2.75) is 100 Å². The molecule has 5 aliphatic carbocycles. The smallest absolute Gasteiger partial charge is 0.223 e. The number of fused-ring (bicyclic) bond motifs is 3. The van der Waals surface area contributed by atoms with E-state index >= 15 is 4.39 Å². The zero-order valence-corrected chi connectivity index (χ0v) is 17.1. The van der Waals surface area contributed by atoms with Gasteiger partial charge in [0.25, 0.3) is 0 Å². The Balaban J connectivity index is 1.61. The molecular formula is C21H32Cl2FNO. The van der Waals surface area contributed by atoms with E-state index in [1.165, 1.54) is 19.3 Å². The maximum atomic E-state index is 15.1. The van der Waals surface area contributed by atoms with Gasteiger partial charge >= 0.3 is 0 Å². The fourth-order valence-corrected chi connectivity index (χ4v) is 7.09. The fourth-order valence-electron chi connectivity index (χ4n) is 6.37. The van der Waals surface area contributed by atoms with Crippen LogP contribution in [-0.4, -0.2) is 28.9 Å². The summed E-state index contributed by atoms with van der Waals surface area (Å²) in [6, 6.07) is -0.157. The van der Waals surface area contributed by atoms with Crippen molar-refractivity contribution in [1.29, 1.82) is 0 Å². The normalized spacial score (nSPS) is 44.8. The maximum Gasteiger partial charge on any atom is 0.223 e. The lowest BCUT2D eigenvalue weighted by molar-refractivity contribution is -0.129. The van der Waals surface area contributed by atoms with Crippen LogP contribution in [0.3, 0.4) is 0 Å². The molecule has 5 heteroatoms. The highest BCUT2D eigenvalue weighted by molar-refractivity contribution is 6.30. The van der Waals surface area contributed by atoms with Gasteiger partial charge in [-0.15, -0.1) is 23.2 Å². The van der Waals surface area contributed by atoms with Gasteiger partial charge in [-0.2, -0.15) is 0 Å². The van der Waals surface area contributed by atoms with Crippen molar-refractivity contribution in [3.63, 3.8) is 0 Å². The van der Waals surface area contributed by atoms with E-state index in [9.17, 15) is 4.79 Å². The molecule has 26 heavy (non-hydrogen) atoms. The molecule has 0 aromatic rings. The Morgan fingerprint density at radius 1 is 0.962 bits per heavy atom. The average Bonchev–Trinajstić information content (AvgIpc) is 3.20. The van der Waals surface area contributed by atoms with Gasteiger partial charge in [0, 0.05) is 17.9 Å². The molecule has 5 fully saturated rings. The molecule has 5 atom stereocenters. The van der Waals surface area contributed by atoms with Crippen molar-refractivity contribution in [3.05, 3.63) is 0 Å². The third kappa shape index (κ3) is 3.52. The van der Waals surface area contributed by atoms with Crippen LogP contribution in [0.15, 0.2) is 0 Å². The van der Waals surface area contributed by atoms with E-state index in [-0.39, 0.29) is 34.6 Å². The van der Waals surface area contributed by atoms with Gasteiger partial charge in [0.2, 0.25) is 5.91 Å². The van der Waals surface area contributed by atoms with Crippen LogP contribution >= 0.6 is 23.2 Å². The Morgan fingerprint density at radius 3 is 2.19 bits per heavy atom. The highest BCUT2D eigenvalue weighted by Gasteiger charge is 2.54. The summed E-state index contributed by atoms with van der Waals surface area (Å²) in [5, 5.41) is 2.78. The number of alkyl halides is 3. The molecule has 0 aliphatic heterocycles. The Hall–Kier alpha value is -0.0200. The first kappa shape index (κ1) is 19.3. The van der Waals surface area contributed by atoms with E-state index in [0.29, 0.717) is 12.8 Å². The summed E-state index contributed by atoms with van der Waals surface area (Å²) >= 11 is 13.2. The summed E-state index contributed by atoms with van der Waals surface area (Å²) in [4.78, 5) is 13.0. The molecular weight excluding hydrogens is 372 g/mol. The molecule has 1 N–H and O–H groups in total. The lowest BCUT2D eigenvalue weighted by Crippen LogP contribution is -2.61. The molecule has 148 valence electrons. The topological polar surface area (TPSA) is 29.1 Å². The average molecular weight is 404 g/mol. The predicted octanol–water partition coefficient (Wildman–Crippen LogP) is 5.59. The quantitative estimate of drug-likeness (QED) is 0.608. The van der Waals surface area contributed by atoms with Crippen molar-refractivity contribution < 1.29 is 9.18 Å². The van der Waals surface area contributed by atoms with E-state index in [4.69, 9.17) is 23.2 Å². The van der Waals surface area contributed by atoms with E-state index in [2.05, 4.69) is 5.32 Å². The van der Waals surface area contributed by atoms with E-state index in [0.717, 1.165) is 50.9 Å². The van der Waals surface area contributed by atoms with E-state index in [1.807, 2.05) is 0 Å². The van der Waals surface area contributed by atoms with Crippen molar-refractivity contribution >= 4 is 29.1 Å². The van der Waals surface area contributed by atoms with Crippen molar-refractivity contribution in [2.75, 3.05) is 0 Å². The van der Waals surface area contributed by atoms with Crippen molar-refractivity contribution in [3.8, 4) is 0 Å². The summed E-state index contributed by atoms with van der Waals surface area (Å²) in [7, 11) is 0. The first-order valence-electron chi connectivity index (χ1n) is 10.7. The number of nitrogens with one attached hydrogen (secondary N) is 1. The van der Waals surface area contributed by atoms with Gasteiger partial charge < -0.3 is 5.32 Å². The number of amides is 1. The van der Waals surface area contributed by atoms with Gasteiger partial charge in [-0.25, -0.2) is 4.39 Å². The number of hydrogen-bond acceptors (Lipinski definition) is 1. The van der Waals surface area contributed by atoms with Crippen LogP contribution in [0.5, 0.6) is 0 Å². The summed E-state index contributed by atoms with van der Waals surface area (Å²) in [6.07, 6.45) is 11.3. The monoisotopic (exact) mass is 403 g/mol. The number of carbonyl (C=O) groups excluding carboxylic acids is 1. The second-order valence-corrected chi connectivity index (χ2v) is 10.5. The van der Waals surface area contributed by atoms with Gasteiger partial charge in [-0.1, -0.05) is 12.8 Å². The first-order valence-corrected chi connectivity index (χ1v) is 11.6. The molecule has 0 heterocycles. The number of carbonyl (C=O) groups is 1. The lowest BCUT2D eigenvalue weighted by Gasteiger charge is -2.55. The minimum absolute atomic E-state index is 0.0269. The second kappa shape index (κ2) is 7.78. The standard InChI is InChI=1S/C21H32Cl2FNO/c22-15-5-6-16(24)17(18(15)23)19(25-20(26)14-3-1-2-4-14)21-10-7-13(8-11-21)9-12-21/h13-19H,1-12H2,(H,25,26)/t13?,15?,16?,17?,18?,19-,21?/m1/s1. The molecule has 2 bridgehead atoms. The first-order chi connectivity index (χ1) is 12.5. The van der Waals surface area contributed by atoms with Gasteiger partial charge in [0.1, 0.15) is 6.17 Å². The Morgan fingerprint density at radius 2 is 1.58 bits per heavy atom. The van der Waals surface area contributed by atoms with Crippen LogP contribution in [0, 0.1) is 23.2 Å². The molecule has 0 radical (unpaired) electrons. The Bertz CT molecular complexity index is 502. The van der Waals surface area contributed by atoms with Crippen LogP contribution in [0.2, 0.25) is 0 Å². The Kier molecular flexibility index (Phi) is 5.77. The third-order valence-electron chi connectivity index (χ3n) is 8.07. The van der Waals surface area contributed by atoms with Crippen LogP contribution in [0.25, 0.3) is 0 Å². The molecule has 0 aromatic heterocycles. The van der Waals surface area contributed by atoms with Gasteiger partial charge in [0.15, 0.2) is 0 Å². The molecule has 0 spiro atoms. The highest BCUT2D eigenvalue weighted by atomic mass is 35.5. The molecule has 2 nitrogen and oxygen atoms in total. The van der Waals surface area contributed by atoms with Gasteiger partial charge in [-0.3, -0.25) is 4.79 Å². The molecule has 5 saturated carbocycles. The summed E-state index contributed by atoms with van der Waals surface area (Å²) in [5.74, 6) is 0.731. The summed E-state index contributed by atoms with van der Waals surface area (Å²) < 4.78 is 15.1. The van der Waals surface area contributed by atoms with Gasteiger partial charge in [-0.05, 0) is 75.5 Å². The number of rotatable bonds is 4. The second-order valence-electron chi connectivity index (χ2n) is 9.44. The number of halogens is 3. The molecule has 4 unspecified atom stereocenters. The van der Waals surface area contributed by atoms with Crippen molar-refractivity contribution in [1.82, 2.24) is 5.32 Å². The van der Waals surface area contributed by atoms with Crippen LogP contribution in [0.1, 0.15) is 77.0 Å². The summed E-state index contributed by atoms with van der Waals surface area (Å²) in [5.41, 5.74) is 0.0269. The lowest BCUT2D eigenvalue weighted by atomic mass is 9.54. The predicted molar refractivity (Wildman–Crippen MR) is 104 cm³/mol. The SMILES string of the molecule is O=C(N[C@H](C1C(F)CCC(Cl)C1Cl)C12CCC(CC1)CC2)C1CCCC1. The molecule has 0 saturated heterocycles. The summed E-state index contributed by atoms with van der Waals surface area (Å²) in [6.45, 7) is 0. The highest BCUT2D eigenvalue weighted by Crippen LogP contribution is 2.55. The fraction of sp³-hybridized carbons (Fsp3) is 0.952. The maximum absolute atomic E-state index is 15.1. The van der Waals surface area contributed by atoms with Crippen LogP contribution < -0.4 is 5.32 Å². The third-order valence-corrected chi connectivity index (χ3v) is 9.28. The van der Waals surface area contributed by atoms with E-state index in [1.54, 1.807) is 0 Å². The molecule has 5 aliphatic rings. The van der Waals surface area contributed by atoms with Gasteiger partial charge in [0.05, 0.1) is 10.8 Å². The van der Waals surface area contributed by atoms with Crippen molar-refractivity contribution in [2.24, 2.45) is 23.2 Å². The largest absolute Gasteiger partial charge is 0.352 e. The molecule has 1 amide bonds. The minimum Gasteiger partial charge on any atom is -0.352 e. The minimum atomic E-state index is -0.963. The van der Waals surface area contributed by atoms with Crippen LogP contribution in [0.4, 0.5) is 4.39 Å². The molecule has 5 rings (SSSR count). The zero-order valence-electron chi connectivity index (χ0n) is 15.6.